The van der Waals surface area contributed by atoms with E-state index in [1.807, 2.05) is 0 Å². The Hall–Kier alpha value is -2.12. The smallest absolute Gasteiger partial charge is 0.306 e. The van der Waals surface area contributed by atoms with Crippen molar-refractivity contribution in [1.82, 2.24) is 15.6 Å². The maximum atomic E-state index is 11.4. The van der Waals surface area contributed by atoms with Crippen molar-refractivity contribution >= 4 is 17.7 Å². The zero-order chi connectivity index (χ0) is 12.1. The summed E-state index contributed by atoms with van der Waals surface area (Å²) in [5.74, 6) is -2.05. The molecule has 0 saturated carbocycles. The molecule has 0 aliphatic rings. The number of aliphatic carboxylic acids is 1. The van der Waals surface area contributed by atoms with Gasteiger partial charge in [0.25, 0.3) is 5.91 Å². The van der Waals surface area contributed by atoms with Crippen molar-refractivity contribution in [2.24, 2.45) is 5.92 Å². The SMILES string of the molecule is CC(CCNC(=O)c1nonc1N)C(=O)O. The largest absolute Gasteiger partial charge is 0.481 e. The van der Waals surface area contributed by atoms with Crippen molar-refractivity contribution in [1.29, 1.82) is 0 Å². The molecule has 1 atom stereocenters. The van der Waals surface area contributed by atoms with E-state index in [0.29, 0.717) is 6.42 Å². The van der Waals surface area contributed by atoms with Crippen LogP contribution in [0.1, 0.15) is 23.8 Å². The number of nitrogens with two attached hydrogens (primary N) is 1. The highest BCUT2D eigenvalue weighted by molar-refractivity contribution is 5.95. The van der Waals surface area contributed by atoms with Crippen LogP contribution in [0.25, 0.3) is 0 Å². The number of carboxylic acids is 1. The second kappa shape index (κ2) is 5.10. The number of hydrogen-bond donors (Lipinski definition) is 3. The van der Waals surface area contributed by atoms with Gasteiger partial charge in [-0.15, -0.1) is 0 Å². The van der Waals surface area contributed by atoms with Crippen molar-refractivity contribution in [2.45, 2.75) is 13.3 Å². The van der Waals surface area contributed by atoms with Crippen LogP contribution >= 0.6 is 0 Å². The van der Waals surface area contributed by atoms with E-state index in [9.17, 15) is 9.59 Å². The lowest BCUT2D eigenvalue weighted by molar-refractivity contribution is -0.141. The minimum Gasteiger partial charge on any atom is -0.481 e. The molecule has 0 aliphatic carbocycles. The van der Waals surface area contributed by atoms with E-state index in [-0.39, 0.29) is 18.1 Å². The van der Waals surface area contributed by atoms with Gasteiger partial charge in [-0.25, -0.2) is 4.63 Å². The Kier molecular flexibility index (Phi) is 3.81. The first-order valence-electron chi connectivity index (χ1n) is 4.61. The van der Waals surface area contributed by atoms with Crippen LogP contribution in [0, 0.1) is 5.92 Å². The van der Waals surface area contributed by atoms with E-state index in [1.165, 1.54) is 0 Å². The maximum absolute atomic E-state index is 11.4. The number of nitrogens with one attached hydrogen (secondary N) is 1. The van der Waals surface area contributed by atoms with Crippen molar-refractivity contribution in [3.8, 4) is 0 Å². The van der Waals surface area contributed by atoms with E-state index >= 15 is 0 Å². The van der Waals surface area contributed by atoms with Gasteiger partial charge in [-0.3, -0.25) is 9.59 Å². The number of nitrogen functional groups attached to an aromatic ring is 1. The van der Waals surface area contributed by atoms with Gasteiger partial charge in [-0.05, 0) is 16.7 Å². The van der Waals surface area contributed by atoms with Crippen molar-refractivity contribution in [3.63, 3.8) is 0 Å². The highest BCUT2D eigenvalue weighted by Gasteiger charge is 2.16. The number of carbonyl (C=O) groups is 2. The summed E-state index contributed by atoms with van der Waals surface area (Å²) in [5, 5.41) is 17.6. The summed E-state index contributed by atoms with van der Waals surface area (Å²) >= 11 is 0. The summed E-state index contributed by atoms with van der Waals surface area (Å²) in [6, 6.07) is 0. The average Bonchev–Trinajstić information content (AvgIpc) is 2.64. The zero-order valence-electron chi connectivity index (χ0n) is 8.64. The fourth-order valence-electron chi connectivity index (χ4n) is 0.962. The topological polar surface area (TPSA) is 131 Å². The Balaban J connectivity index is 2.37. The standard InChI is InChI=1S/C8H12N4O4/c1-4(8(14)15)2-3-10-7(13)5-6(9)12-16-11-5/h4H,2-3H2,1H3,(H2,9,12)(H,10,13)(H,14,15). The van der Waals surface area contributed by atoms with Gasteiger partial charge in [0.2, 0.25) is 11.5 Å². The number of anilines is 1. The van der Waals surface area contributed by atoms with Crippen LogP contribution in [0.4, 0.5) is 5.82 Å². The molecule has 0 saturated heterocycles. The summed E-state index contributed by atoms with van der Waals surface area (Å²) in [5.41, 5.74) is 5.20. The van der Waals surface area contributed by atoms with Gasteiger partial charge in [0.05, 0.1) is 5.92 Å². The molecule has 1 rings (SSSR count). The number of nitrogens with zero attached hydrogens (tertiary/aromatic N) is 2. The molecule has 88 valence electrons. The molecule has 0 bridgehead atoms. The number of rotatable bonds is 5. The van der Waals surface area contributed by atoms with Crippen LogP contribution in [0.15, 0.2) is 4.63 Å². The maximum Gasteiger partial charge on any atom is 0.306 e. The molecule has 16 heavy (non-hydrogen) atoms. The van der Waals surface area contributed by atoms with Crippen molar-refractivity contribution in [2.75, 3.05) is 12.3 Å². The Labute approximate surface area is 90.8 Å². The molecule has 0 radical (unpaired) electrons. The van der Waals surface area contributed by atoms with Crippen LogP contribution in [0.2, 0.25) is 0 Å². The molecule has 4 N–H and O–H groups in total. The van der Waals surface area contributed by atoms with Crippen molar-refractivity contribution < 1.29 is 19.3 Å². The molecule has 1 aromatic rings. The van der Waals surface area contributed by atoms with Gasteiger partial charge < -0.3 is 16.2 Å². The number of amides is 1. The molecular weight excluding hydrogens is 216 g/mol. The highest BCUT2D eigenvalue weighted by atomic mass is 16.6. The molecule has 1 aromatic heterocycles. The Morgan fingerprint density at radius 2 is 2.25 bits per heavy atom. The molecule has 1 heterocycles. The van der Waals surface area contributed by atoms with Crippen LogP contribution in [0.5, 0.6) is 0 Å². The van der Waals surface area contributed by atoms with Gasteiger partial charge in [0, 0.05) is 6.54 Å². The summed E-state index contributed by atoms with van der Waals surface area (Å²) in [6.07, 6.45) is 0.326. The third kappa shape index (κ3) is 2.94. The molecule has 0 aliphatic heterocycles. The quantitative estimate of drug-likeness (QED) is 0.618. The lowest BCUT2D eigenvalue weighted by atomic mass is 10.1. The van der Waals surface area contributed by atoms with Crippen LogP contribution < -0.4 is 11.1 Å². The number of hydrogen-bond acceptors (Lipinski definition) is 6. The van der Waals surface area contributed by atoms with Crippen LogP contribution in [-0.2, 0) is 4.79 Å². The van der Waals surface area contributed by atoms with Crippen LogP contribution in [-0.4, -0.2) is 33.8 Å². The summed E-state index contributed by atoms with van der Waals surface area (Å²) < 4.78 is 4.25. The first kappa shape index (κ1) is 12.0. The number of carboxylic acid groups (broad SMARTS) is 1. The highest BCUT2D eigenvalue weighted by Crippen LogP contribution is 2.04. The predicted molar refractivity (Wildman–Crippen MR) is 52.5 cm³/mol. The Bertz CT molecular complexity index is 389. The second-order valence-corrected chi connectivity index (χ2v) is 3.28. The van der Waals surface area contributed by atoms with E-state index < -0.39 is 17.8 Å². The summed E-state index contributed by atoms with van der Waals surface area (Å²) in [7, 11) is 0. The average molecular weight is 228 g/mol. The second-order valence-electron chi connectivity index (χ2n) is 3.28. The van der Waals surface area contributed by atoms with Crippen molar-refractivity contribution in [3.05, 3.63) is 5.69 Å². The lowest BCUT2D eigenvalue weighted by Gasteiger charge is -2.06. The van der Waals surface area contributed by atoms with Gasteiger partial charge in [0.15, 0.2) is 0 Å². The van der Waals surface area contributed by atoms with Gasteiger partial charge in [0.1, 0.15) is 0 Å². The third-order valence-electron chi connectivity index (χ3n) is 2.01. The molecular formula is C8H12N4O4. The van der Waals surface area contributed by atoms with E-state index in [0.717, 1.165) is 0 Å². The van der Waals surface area contributed by atoms with E-state index in [4.69, 9.17) is 10.8 Å². The van der Waals surface area contributed by atoms with Gasteiger partial charge in [-0.1, -0.05) is 6.92 Å². The molecule has 0 aromatic carbocycles. The predicted octanol–water partition coefficient (Wildman–Crippen LogP) is -0.508. The molecule has 1 unspecified atom stereocenters. The molecule has 0 spiro atoms. The summed E-state index contributed by atoms with van der Waals surface area (Å²) in [4.78, 5) is 21.9. The molecule has 0 fully saturated rings. The van der Waals surface area contributed by atoms with Gasteiger partial charge in [-0.2, -0.15) is 0 Å². The lowest BCUT2D eigenvalue weighted by Crippen LogP contribution is -2.27. The molecule has 8 nitrogen and oxygen atoms in total. The normalized spacial score (nSPS) is 12.1. The monoisotopic (exact) mass is 228 g/mol. The zero-order valence-corrected chi connectivity index (χ0v) is 8.64. The first-order chi connectivity index (χ1) is 7.52. The Morgan fingerprint density at radius 3 is 2.75 bits per heavy atom. The Morgan fingerprint density at radius 1 is 1.56 bits per heavy atom. The minimum absolute atomic E-state index is 0.0937. The summed E-state index contributed by atoms with van der Waals surface area (Å²) in [6.45, 7) is 1.78. The van der Waals surface area contributed by atoms with E-state index in [1.54, 1.807) is 6.92 Å². The first-order valence-corrected chi connectivity index (χ1v) is 4.61. The number of aromatic nitrogens is 2. The molecule has 1 amide bonds. The van der Waals surface area contributed by atoms with Gasteiger partial charge >= 0.3 is 5.97 Å². The van der Waals surface area contributed by atoms with Crippen LogP contribution in [0.3, 0.4) is 0 Å². The number of carbonyl (C=O) groups excluding carboxylic acids is 1. The fourth-order valence-corrected chi connectivity index (χ4v) is 0.962. The minimum atomic E-state index is -0.906. The molecule has 8 heteroatoms. The fraction of sp³-hybridized carbons (Fsp3) is 0.500. The third-order valence-corrected chi connectivity index (χ3v) is 2.01. The van der Waals surface area contributed by atoms with E-state index in [2.05, 4.69) is 20.3 Å².